The Morgan fingerprint density at radius 1 is 1.05 bits per heavy atom. The Morgan fingerprint density at radius 3 is 2.46 bits per heavy atom. The molecule has 1 amide bonds. The smallest absolute Gasteiger partial charge is 0.335 e. The fraction of sp³-hybridized carbons (Fsp3) is 0.258. The third-order valence-electron chi connectivity index (χ3n) is 7.11. The Morgan fingerprint density at radius 2 is 1.76 bits per heavy atom. The molecular formula is C31H28ClFN2O4S2. The van der Waals surface area contributed by atoms with Crippen molar-refractivity contribution in [2.45, 2.75) is 19.3 Å². The molecule has 2 saturated heterocycles. The van der Waals surface area contributed by atoms with Crippen molar-refractivity contribution in [2.24, 2.45) is 0 Å². The molecule has 3 aromatic carbocycles. The Balaban J connectivity index is 1.36. The van der Waals surface area contributed by atoms with Gasteiger partial charge < -0.3 is 9.84 Å². The normalized spacial score (nSPS) is 16.6. The molecule has 0 atom stereocenters. The van der Waals surface area contributed by atoms with Crippen molar-refractivity contribution in [3.05, 3.63) is 93.1 Å². The lowest BCUT2D eigenvalue weighted by Crippen LogP contribution is -2.30. The summed E-state index contributed by atoms with van der Waals surface area (Å²) in [7, 11) is 0. The highest BCUT2D eigenvalue weighted by Gasteiger charge is 2.32. The number of carbonyl (C=O) groups is 2. The Kier molecular flexibility index (Phi) is 9.39. The number of ether oxygens (including phenoxy) is 1. The summed E-state index contributed by atoms with van der Waals surface area (Å²) < 4.78 is 20.4. The van der Waals surface area contributed by atoms with Gasteiger partial charge >= 0.3 is 5.97 Å². The number of carboxylic acid groups (broad SMARTS) is 1. The number of carbonyl (C=O) groups excluding carboxylic acids is 1. The van der Waals surface area contributed by atoms with E-state index in [-0.39, 0.29) is 16.5 Å². The van der Waals surface area contributed by atoms with Crippen molar-refractivity contribution in [2.75, 3.05) is 32.8 Å². The maximum atomic E-state index is 13.8. The molecule has 2 aliphatic rings. The van der Waals surface area contributed by atoms with Crippen LogP contribution in [-0.4, -0.2) is 63.9 Å². The predicted molar refractivity (Wildman–Crippen MR) is 165 cm³/mol. The minimum atomic E-state index is -0.982. The fourth-order valence-electron chi connectivity index (χ4n) is 4.83. The average molecular weight is 611 g/mol. The third-order valence-corrected chi connectivity index (χ3v) is 8.78. The van der Waals surface area contributed by atoms with Crippen molar-refractivity contribution in [1.29, 1.82) is 0 Å². The second-order valence-corrected chi connectivity index (χ2v) is 11.9. The van der Waals surface area contributed by atoms with Gasteiger partial charge in [0.15, 0.2) is 0 Å². The van der Waals surface area contributed by atoms with E-state index in [4.69, 9.17) is 33.7 Å². The number of aromatic carboxylic acids is 1. The summed E-state index contributed by atoms with van der Waals surface area (Å²) in [6.45, 7) is 3.87. The van der Waals surface area contributed by atoms with E-state index in [1.807, 2.05) is 18.2 Å². The van der Waals surface area contributed by atoms with Gasteiger partial charge in [-0.2, -0.15) is 0 Å². The lowest BCUT2D eigenvalue weighted by atomic mass is 10.0. The van der Waals surface area contributed by atoms with Crippen LogP contribution >= 0.6 is 35.6 Å². The molecule has 0 aliphatic carbocycles. The van der Waals surface area contributed by atoms with E-state index in [2.05, 4.69) is 4.90 Å². The first-order chi connectivity index (χ1) is 19.8. The highest BCUT2D eigenvalue weighted by Crippen LogP contribution is 2.36. The van der Waals surface area contributed by atoms with Gasteiger partial charge in [-0.15, -0.1) is 0 Å². The van der Waals surface area contributed by atoms with Gasteiger partial charge in [-0.3, -0.25) is 14.6 Å². The molecule has 0 bridgehead atoms. The van der Waals surface area contributed by atoms with Gasteiger partial charge in [-0.25, -0.2) is 9.18 Å². The first kappa shape index (κ1) is 29.3. The number of amides is 1. The van der Waals surface area contributed by atoms with Crippen molar-refractivity contribution >= 4 is 57.9 Å². The summed E-state index contributed by atoms with van der Waals surface area (Å²) in [6, 6.07) is 16.8. The van der Waals surface area contributed by atoms with Crippen LogP contribution in [0.15, 0.2) is 65.6 Å². The van der Waals surface area contributed by atoms with Gasteiger partial charge in [0.25, 0.3) is 5.91 Å². The fourth-order valence-corrected chi connectivity index (χ4v) is 6.31. The number of likely N-dealkylation sites (tertiary alicyclic amines) is 1. The maximum absolute atomic E-state index is 13.8. The molecule has 5 rings (SSSR count). The minimum Gasteiger partial charge on any atom is -0.492 e. The monoisotopic (exact) mass is 610 g/mol. The molecular weight excluding hydrogens is 583 g/mol. The molecule has 6 nitrogen and oxygen atoms in total. The van der Waals surface area contributed by atoms with Gasteiger partial charge in [0, 0.05) is 18.7 Å². The van der Waals surface area contributed by atoms with Crippen LogP contribution in [0.5, 0.6) is 5.75 Å². The van der Waals surface area contributed by atoms with Gasteiger partial charge in [0.1, 0.15) is 22.5 Å². The van der Waals surface area contributed by atoms with Gasteiger partial charge in [0.05, 0.1) is 15.5 Å². The van der Waals surface area contributed by atoms with E-state index in [0.717, 1.165) is 36.3 Å². The van der Waals surface area contributed by atoms with Gasteiger partial charge in [-0.05, 0) is 91.5 Å². The Bertz CT molecular complexity index is 1510. The number of rotatable bonds is 10. The molecule has 2 heterocycles. The first-order valence-corrected chi connectivity index (χ1v) is 14.9. The highest BCUT2D eigenvalue weighted by molar-refractivity contribution is 8.26. The van der Waals surface area contributed by atoms with Crippen molar-refractivity contribution in [1.82, 2.24) is 9.80 Å². The SMILES string of the molecule is O=C(O)c1ccc(CCN2C(=O)C(=Cc3cc(-c4ccc(F)c(Cl)c4)ccc3OCCN3CCCC3)SC2=S)cc1. The molecule has 212 valence electrons. The van der Waals surface area contributed by atoms with Crippen molar-refractivity contribution in [3.63, 3.8) is 0 Å². The molecule has 3 aromatic rings. The van der Waals surface area contributed by atoms with Crippen LogP contribution in [-0.2, 0) is 11.2 Å². The summed E-state index contributed by atoms with van der Waals surface area (Å²) >= 11 is 12.8. The highest BCUT2D eigenvalue weighted by atomic mass is 35.5. The molecule has 2 fully saturated rings. The molecule has 0 aromatic heterocycles. The number of hydrogen-bond acceptors (Lipinski definition) is 6. The van der Waals surface area contributed by atoms with E-state index in [1.54, 1.807) is 47.4 Å². The van der Waals surface area contributed by atoms with Crippen molar-refractivity contribution < 1.29 is 23.8 Å². The van der Waals surface area contributed by atoms with Crippen LogP contribution in [0.3, 0.4) is 0 Å². The number of benzene rings is 3. The zero-order chi connectivity index (χ0) is 28.9. The van der Waals surface area contributed by atoms with E-state index >= 15 is 0 Å². The Labute approximate surface area is 252 Å². The number of hydrogen-bond donors (Lipinski definition) is 1. The van der Waals surface area contributed by atoms with Crippen LogP contribution in [0.25, 0.3) is 17.2 Å². The van der Waals surface area contributed by atoms with E-state index in [1.165, 1.54) is 30.7 Å². The standard InChI is InChI=1S/C31H28ClFN2O4S2/c32-25-18-23(7-9-26(25)33)22-8-10-27(39-16-15-34-12-1-2-13-34)24(17-22)19-28-29(36)35(31(40)41-28)14-11-20-3-5-21(6-4-20)30(37)38/h3-10,17-19H,1-2,11-16H2,(H,37,38). The topological polar surface area (TPSA) is 70.1 Å². The number of nitrogens with zero attached hydrogens (tertiary/aromatic N) is 2. The average Bonchev–Trinajstić information content (AvgIpc) is 3.57. The summed E-state index contributed by atoms with van der Waals surface area (Å²) in [5.74, 6) is -1.02. The largest absolute Gasteiger partial charge is 0.492 e. The summed E-state index contributed by atoms with van der Waals surface area (Å²) in [6.07, 6.45) is 4.73. The maximum Gasteiger partial charge on any atom is 0.335 e. The number of thiocarbonyl (C=S) groups is 1. The summed E-state index contributed by atoms with van der Waals surface area (Å²) in [4.78, 5) is 28.9. The summed E-state index contributed by atoms with van der Waals surface area (Å²) in [5, 5.41) is 9.14. The number of halogens is 2. The molecule has 2 aliphatic heterocycles. The minimum absolute atomic E-state index is 0.0356. The molecule has 1 N–H and O–H groups in total. The Hall–Kier alpha value is -3.24. The lowest BCUT2D eigenvalue weighted by molar-refractivity contribution is -0.122. The van der Waals surface area contributed by atoms with E-state index in [9.17, 15) is 14.0 Å². The summed E-state index contributed by atoms with van der Waals surface area (Å²) in [5.41, 5.74) is 3.40. The molecule has 0 radical (unpaired) electrons. The van der Waals surface area contributed by atoms with Crippen molar-refractivity contribution in [3.8, 4) is 16.9 Å². The van der Waals surface area contributed by atoms with Gasteiger partial charge in [0.2, 0.25) is 0 Å². The zero-order valence-corrected chi connectivity index (χ0v) is 24.5. The van der Waals surface area contributed by atoms with Crippen LogP contribution in [0.1, 0.15) is 34.3 Å². The quantitative estimate of drug-likeness (QED) is 0.201. The molecule has 0 saturated carbocycles. The van der Waals surface area contributed by atoms with Crippen LogP contribution in [0, 0.1) is 5.82 Å². The first-order valence-electron chi connectivity index (χ1n) is 13.3. The molecule has 0 spiro atoms. The lowest BCUT2D eigenvalue weighted by Gasteiger charge is -2.17. The molecule has 41 heavy (non-hydrogen) atoms. The second-order valence-electron chi connectivity index (χ2n) is 9.86. The van der Waals surface area contributed by atoms with Crippen LogP contribution in [0.4, 0.5) is 4.39 Å². The van der Waals surface area contributed by atoms with Crippen LogP contribution < -0.4 is 4.74 Å². The third kappa shape index (κ3) is 7.16. The van der Waals surface area contributed by atoms with E-state index in [0.29, 0.717) is 40.1 Å². The number of carboxylic acids is 1. The van der Waals surface area contributed by atoms with Gasteiger partial charge in [-0.1, -0.05) is 59.8 Å². The van der Waals surface area contributed by atoms with Crippen LogP contribution in [0.2, 0.25) is 5.02 Å². The molecule has 10 heteroatoms. The predicted octanol–water partition coefficient (Wildman–Crippen LogP) is 6.76. The van der Waals surface area contributed by atoms with E-state index < -0.39 is 11.8 Å². The second kappa shape index (κ2) is 13.2. The molecule has 0 unspecified atom stereocenters. The zero-order valence-electron chi connectivity index (χ0n) is 22.1. The number of thioether (sulfide) groups is 1.